The van der Waals surface area contributed by atoms with E-state index in [0.717, 1.165) is 10.1 Å². The zero-order valence-electron chi connectivity index (χ0n) is 12.9. The van der Waals surface area contributed by atoms with Gasteiger partial charge in [-0.3, -0.25) is 19.3 Å². The minimum atomic E-state index is -2.35. The van der Waals surface area contributed by atoms with Crippen LogP contribution in [-0.4, -0.2) is 63.5 Å². The summed E-state index contributed by atoms with van der Waals surface area (Å²) in [5, 5.41) is 2.04. The van der Waals surface area contributed by atoms with Gasteiger partial charge in [-0.25, -0.2) is 10.1 Å². The second-order valence-electron chi connectivity index (χ2n) is 3.66. The molecular weight excluding hydrogens is 315 g/mol. The van der Waals surface area contributed by atoms with E-state index in [0.29, 0.717) is 0 Å². The van der Waals surface area contributed by atoms with E-state index in [1.807, 2.05) is 0 Å². The van der Waals surface area contributed by atoms with Gasteiger partial charge in [-0.05, 0) is 12.2 Å². The summed E-state index contributed by atoms with van der Waals surface area (Å²) in [6, 6.07) is 0. The van der Waals surface area contributed by atoms with E-state index in [9.17, 15) is 14.2 Å². The van der Waals surface area contributed by atoms with Crippen molar-refractivity contribution in [2.45, 2.75) is 0 Å². The Balaban J connectivity index is 3.88. The molecule has 0 spiro atoms. The molecule has 0 aromatic rings. The van der Waals surface area contributed by atoms with Crippen molar-refractivity contribution in [1.82, 2.24) is 10.1 Å². The highest BCUT2D eigenvalue weighted by Gasteiger charge is 2.18. The molecule has 9 nitrogen and oxygen atoms in total. The second kappa shape index (κ2) is 12.0. The summed E-state index contributed by atoms with van der Waals surface area (Å²) in [5.74, 6) is -0.767. The molecule has 0 atom stereocenters. The van der Waals surface area contributed by atoms with E-state index in [1.165, 1.54) is 52.6 Å². The van der Waals surface area contributed by atoms with Crippen LogP contribution < -0.4 is 0 Å². The Kier molecular flexibility index (Phi) is 11.1. The van der Waals surface area contributed by atoms with Crippen LogP contribution in [0.15, 0.2) is 24.3 Å². The van der Waals surface area contributed by atoms with Crippen LogP contribution in [0.5, 0.6) is 0 Å². The summed E-state index contributed by atoms with van der Waals surface area (Å²) in [7, 11) is 3.27. The van der Waals surface area contributed by atoms with Gasteiger partial charge in [-0.2, -0.15) is 0 Å². The number of likely N-dealkylation sites (N-methyl/N-ethyl adjacent to an activating group) is 2. The lowest BCUT2D eigenvalue weighted by molar-refractivity contribution is -0.163. The molecule has 0 aromatic carbocycles. The van der Waals surface area contributed by atoms with Crippen LogP contribution in [0.1, 0.15) is 0 Å². The van der Waals surface area contributed by atoms with E-state index in [-0.39, 0.29) is 25.0 Å². The number of rotatable bonds is 10. The maximum Gasteiger partial charge on any atom is 0.698 e. The van der Waals surface area contributed by atoms with Gasteiger partial charge in [0, 0.05) is 30.8 Å². The summed E-state index contributed by atoms with van der Waals surface area (Å²) >= 11 is 0. The standard InChI is InChI=1S/C12H20N2O7P/c1-13(18-3)11(15)7-5-9-20-22(17)21-10-6-8-12(16)14(2)19-4/h5-8H,9-10H2,1-4H3/q+1. The van der Waals surface area contributed by atoms with Crippen molar-refractivity contribution in [1.29, 1.82) is 0 Å². The number of amides is 2. The number of hydroxylamine groups is 4. The molecule has 0 saturated carbocycles. The van der Waals surface area contributed by atoms with E-state index in [2.05, 4.69) is 9.68 Å². The topological polar surface area (TPSA) is 94.6 Å². The number of carbonyl (C=O) groups excluding carboxylic acids is 2. The van der Waals surface area contributed by atoms with Gasteiger partial charge in [0.05, 0.1) is 14.2 Å². The van der Waals surface area contributed by atoms with Crippen LogP contribution in [0.2, 0.25) is 0 Å². The Morgan fingerprint density at radius 2 is 1.27 bits per heavy atom. The molecule has 10 heteroatoms. The van der Waals surface area contributed by atoms with E-state index < -0.39 is 8.25 Å². The second-order valence-corrected chi connectivity index (χ2v) is 4.62. The van der Waals surface area contributed by atoms with Gasteiger partial charge in [0.25, 0.3) is 11.8 Å². The molecule has 0 radical (unpaired) electrons. The smallest absolute Gasteiger partial charge is 0.274 e. The van der Waals surface area contributed by atoms with Crippen LogP contribution >= 0.6 is 8.25 Å². The molecular formula is C12H20N2O7P+. The SMILES string of the molecule is CON(C)C(=O)C=CCO[P+](=O)OCC=CC(=O)N(C)OC. The molecule has 124 valence electrons. The van der Waals surface area contributed by atoms with Crippen molar-refractivity contribution in [2.75, 3.05) is 41.5 Å². The van der Waals surface area contributed by atoms with Crippen LogP contribution in [0.3, 0.4) is 0 Å². The molecule has 0 saturated heterocycles. The quantitative estimate of drug-likeness (QED) is 0.331. The van der Waals surface area contributed by atoms with E-state index >= 15 is 0 Å². The Morgan fingerprint density at radius 1 is 0.909 bits per heavy atom. The van der Waals surface area contributed by atoms with Crippen molar-refractivity contribution in [3.8, 4) is 0 Å². The van der Waals surface area contributed by atoms with Crippen LogP contribution in [0, 0.1) is 0 Å². The first-order valence-corrected chi connectivity index (χ1v) is 7.21. The highest BCUT2D eigenvalue weighted by Crippen LogP contribution is 2.22. The normalized spacial score (nSPS) is 11.9. The molecule has 0 unspecified atom stereocenters. The van der Waals surface area contributed by atoms with Crippen molar-refractivity contribution >= 4 is 20.1 Å². The minimum Gasteiger partial charge on any atom is -0.274 e. The lowest BCUT2D eigenvalue weighted by Crippen LogP contribution is -2.23. The molecule has 0 heterocycles. The Bertz CT molecular complexity index is 401. The third-order valence-electron chi connectivity index (χ3n) is 2.24. The fraction of sp³-hybridized carbons (Fsp3) is 0.500. The fourth-order valence-electron chi connectivity index (χ4n) is 0.933. The molecule has 22 heavy (non-hydrogen) atoms. The van der Waals surface area contributed by atoms with Gasteiger partial charge in [0.2, 0.25) is 0 Å². The average Bonchev–Trinajstić information content (AvgIpc) is 2.53. The van der Waals surface area contributed by atoms with Crippen molar-refractivity contribution in [3.05, 3.63) is 24.3 Å². The van der Waals surface area contributed by atoms with Gasteiger partial charge in [-0.1, -0.05) is 0 Å². The maximum atomic E-state index is 11.3. The number of hydrogen-bond acceptors (Lipinski definition) is 7. The molecule has 0 rings (SSSR count). The number of carbonyl (C=O) groups is 2. The van der Waals surface area contributed by atoms with Crippen LogP contribution in [-0.2, 0) is 32.9 Å². The first kappa shape index (κ1) is 20.4. The lowest BCUT2D eigenvalue weighted by atomic mass is 10.5. The molecule has 0 N–H and O–H groups in total. The number of nitrogens with zero attached hydrogens (tertiary/aromatic N) is 2. The predicted octanol–water partition coefficient (Wildman–Crippen LogP) is 0.829. The largest absolute Gasteiger partial charge is 0.698 e. The zero-order chi connectivity index (χ0) is 17.0. The molecule has 0 aromatic heterocycles. The fourth-order valence-corrected chi connectivity index (χ4v) is 1.42. The van der Waals surface area contributed by atoms with Crippen molar-refractivity contribution in [3.63, 3.8) is 0 Å². The first-order valence-electron chi connectivity index (χ1n) is 6.12. The minimum absolute atomic E-state index is 0.0619. The van der Waals surface area contributed by atoms with Gasteiger partial charge in [-0.15, -0.1) is 9.05 Å². The third-order valence-corrected chi connectivity index (χ3v) is 2.96. The highest BCUT2D eigenvalue weighted by atomic mass is 31.1. The maximum absolute atomic E-state index is 11.3. The summed E-state index contributed by atoms with van der Waals surface area (Å²) < 4.78 is 20.9. The summed E-state index contributed by atoms with van der Waals surface area (Å²) in [6.07, 6.45) is 5.18. The molecule has 0 aliphatic rings. The van der Waals surface area contributed by atoms with Crippen LogP contribution in [0.4, 0.5) is 0 Å². The lowest BCUT2D eigenvalue weighted by Gasteiger charge is -2.09. The first-order chi connectivity index (χ1) is 10.4. The van der Waals surface area contributed by atoms with Crippen LogP contribution in [0.25, 0.3) is 0 Å². The average molecular weight is 335 g/mol. The predicted molar refractivity (Wildman–Crippen MR) is 77.3 cm³/mol. The Morgan fingerprint density at radius 3 is 1.59 bits per heavy atom. The third kappa shape index (κ3) is 9.32. The Hall–Kier alpha value is -1.64. The molecule has 2 amide bonds. The summed E-state index contributed by atoms with van der Waals surface area (Å²) in [6.45, 7) is -0.124. The van der Waals surface area contributed by atoms with Gasteiger partial charge in [0.1, 0.15) is 13.2 Å². The highest BCUT2D eigenvalue weighted by molar-refractivity contribution is 7.33. The molecule has 0 bridgehead atoms. The summed E-state index contributed by atoms with van der Waals surface area (Å²) in [5.41, 5.74) is 0. The monoisotopic (exact) mass is 335 g/mol. The van der Waals surface area contributed by atoms with Gasteiger partial charge >= 0.3 is 8.25 Å². The van der Waals surface area contributed by atoms with Crippen molar-refractivity contribution in [2.24, 2.45) is 0 Å². The zero-order valence-corrected chi connectivity index (χ0v) is 13.8. The number of hydrogen-bond donors (Lipinski definition) is 0. The molecule has 0 aliphatic heterocycles. The molecule has 0 aliphatic carbocycles. The Labute approximate surface area is 129 Å². The van der Waals surface area contributed by atoms with E-state index in [1.54, 1.807) is 0 Å². The van der Waals surface area contributed by atoms with Gasteiger partial charge in [0.15, 0.2) is 0 Å². The van der Waals surface area contributed by atoms with Gasteiger partial charge < -0.3 is 0 Å². The molecule has 0 fully saturated rings. The summed E-state index contributed by atoms with van der Waals surface area (Å²) in [4.78, 5) is 31.9. The van der Waals surface area contributed by atoms with Crippen molar-refractivity contribution < 1.29 is 32.9 Å². The van der Waals surface area contributed by atoms with E-state index in [4.69, 9.17) is 9.05 Å².